The molecule has 142 valence electrons. The second-order valence-electron chi connectivity index (χ2n) is 6.37. The fraction of sp³-hybridized carbons (Fsp3) is 0.611. The summed E-state index contributed by atoms with van der Waals surface area (Å²) < 4.78 is 19.5. The quantitative estimate of drug-likeness (QED) is 0.304. The smallest absolute Gasteiger partial charge is 0.193 e. The van der Waals surface area contributed by atoms with Gasteiger partial charge in [-0.1, -0.05) is 26.0 Å². The molecule has 7 heteroatoms. The molecule has 1 fully saturated rings. The van der Waals surface area contributed by atoms with Gasteiger partial charge >= 0.3 is 0 Å². The molecular formula is C18H30FIN4O. The third kappa shape index (κ3) is 6.97. The molecule has 1 saturated heterocycles. The Hall–Kier alpha value is -1.09. The molecule has 0 amide bonds. The molecule has 1 aromatic carbocycles. The third-order valence-corrected chi connectivity index (χ3v) is 3.96. The second kappa shape index (κ2) is 11.5. The molecule has 1 N–H and O–H groups in total. The molecule has 0 radical (unpaired) electrons. The van der Waals surface area contributed by atoms with Crippen LogP contribution in [0.5, 0.6) is 0 Å². The number of guanidine groups is 1. The molecule has 0 spiro atoms. The van der Waals surface area contributed by atoms with E-state index in [1.165, 1.54) is 6.07 Å². The van der Waals surface area contributed by atoms with E-state index in [1.54, 1.807) is 13.1 Å². The van der Waals surface area contributed by atoms with E-state index in [9.17, 15) is 4.39 Å². The van der Waals surface area contributed by atoms with Gasteiger partial charge in [0.05, 0.1) is 12.3 Å². The molecule has 0 aromatic heterocycles. The Morgan fingerprint density at radius 1 is 1.24 bits per heavy atom. The number of ether oxygens (including phenoxy) is 1. The number of hydrogen-bond acceptors (Lipinski definition) is 3. The molecule has 0 unspecified atom stereocenters. The van der Waals surface area contributed by atoms with E-state index in [4.69, 9.17) is 4.74 Å². The minimum absolute atomic E-state index is 0. The molecule has 0 aliphatic carbocycles. The molecular weight excluding hydrogens is 434 g/mol. The maximum Gasteiger partial charge on any atom is 0.193 e. The Bertz CT molecular complexity index is 534. The lowest BCUT2D eigenvalue weighted by molar-refractivity contribution is 0.114. The topological polar surface area (TPSA) is 40.1 Å². The van der Waals surface area contributed by atoms with Gasteiger partial charge in [0.2, 0.25) is 0 Å². The summed E-state index contributed by atoms with van der Waals surface area (Å²) in [6, 6.07) is 6.95. The van der Waals surface area contributed by atoms with E-state index >= 15 is 0 Å². The number of nitrogens with zero attached hydrogens (tertiary/aromatic N) is 3. The first-order valence-corrected chi connectivity index (χ1v) is 8.64. The molecule has 2 rings (SSSR count). The van der Waals surface area contributed by atoms with Crippen molar-refractivity contribution < 1.29 is 9.13 Å². The van der Waals surface area contributed by atoms with Gasteiger partial charge < -0.3 is 19.9 Å². The van der Waals surface area contributed by atoms with Crippen LogP contribution in [0.1, 0.15) is 13.8 Å². The highest BCUT2D eigenvalue weighted by Gasteiger charge is 2.21. The largest absolute Gasteiger partial charge is 0.379 e. The van der Waals surface area contributed by atoms with Gasteiger partial charge in [-0.15, -0.1) is 24.0 Å². The minimum Gasteiger partial charge on any atom is -0.379 e. The lowest BCUT2D eigenvalue weighted by Crippen LogP contribution is -2.53. The number of rotatable bonds is 6. The first-order valence-electron chi connectivity index (χ1n) is 8.64. The van der Waals surface area contributed by atoms with Gasteiger partial charge in [-0.25, -0.2) is 4.39 Å². The number of piperazine rings is 1. The average molecular weight is 464 g/mol. The van der Waals surface area contributed by atoms with Crippen LogP contribution in [0, 0.1) is 11.7 Å². The highest BCUT2D eigenvalue weighted by Crippen LogP contribution is 2.20. The normalized spacial score (nSPS) is 15.3. The zero-order valence-electron chi connectivity index (χ0n) is 15.4. The Kier molecular flexibility index (Phi) is 10.1. The van der Waals surface area contributed by atoms with Crippen molar-refractivity contribution in [2.75, 3.05) is 57.9 Å². The standard InChI is InChI=1S/C18H29FN4O.HI/c1-15(2)14-24-13-8-21-18(20-3)23-11-9-22(10-12-23)17-7-5-4-6-16(17)19;/h4-7,15H,8-14H2,1-3H3,(H,20,21);1H. The van der Waals surface area contributed by atoms with Gasteiger partial charge in [0.15, 0.2) is 5.96 Å². The molecule has 0 saturated carbocycles. The van der Waals surface area contributed by atoms with E-state index in [0.717, 1.165) is 45.3 Å². The highest BCUT2D eigenvalue weighted by atomic mass is 127. The summed E-state index contributed by atoms with van der Waals surface area (Å²) in [4.78, 5) is 8.64. The van der Waals surface area contributed by atoms with Crippen LogP contribution in [0.25, 0.3) is 0 Å². The van der Waals surface area contributed by atoms with Crippen LogP contribution in [0.3, 0.4) is 0 Å². The lowest BCUT2D eigenvalue weighted by atomic mass is 10.2. The minimum atomic E-state index is -0.157. The monoisotopic (exact) mass is 464 g/mol. The van der Waals surface area contributed by atoms with Crippen LogP contribution in [-0.2, 0) is 4.74 Å². The molecule has 0 atom stereocenters. The fourth-order valence-corrected chi connectivity index (χ4v) is 2.75. The zero-order valence-corrected chi connectivity index (χ0v) is 17.7. The summed E-state index contributed by atoms with van der Waals surface area (Å²) in [6.07, 6.45) is 0. The third-order valence-electron chi connectivity index (χ3n) is 3.96. The Morgan fingerprint density at radius 3 is 2.52 bits per heavy atom. The first kappa shape index (κ1) is 22.0. The number of halogens is 2. The van der Waals surface area contributed by atoms with E-state index in [-0.39, 0.29) is 29.8 Å². The fourth-order valence-electron chi connectivity index (χ4n) is 2.75. The van der Waals surface area contributed by atoms with Gasteiger partial charge in [0.1, 0.15) is 5.82 Å². The van der Waals surface area contributed by atoms with E-state index in [0.29, 0.717) is 18.2 Å². The number of nitrogens with one attached hydrogen (secondary N) is 1. The van der Waals surface area contributed by atoms with E-state index in [1.807, 2.05) is 12.1 Å². The van der Waals surface area contributed by atoms with Crippen LogP contribution in [0.15, 0.2) is 29.3 Å². The highest BCUT2D eigenvalue weighted by molar-refractivity contribution is 14.0. The molecule has 1 aliphatic rings. The van der Waals surface area contributed by atoms with E-state index < -0.39 is 0 Å². The predicted molar refractivity (Wildman–Crippen MR) is 113 cm³/mol. The molecule has 25 heavy (non-hydrogen) atoms. The Balaban J connectivity index is 0.00000312. The van der Waals surface area contributed by atoms with Crippen molar-refractivity contribution in [2.45, 2.75) is 13.8 Å². The van der Waals surface area contributed by atoms with Crippen LogP contribution in [-0.4, -0.2) is 63.8 Å². The molecule has 1 aliphatic heterocycles. The lowest BCUT2D eigenvalue weighted by Gasteiger charge is -2.37. The van der Waals surface area contributed by atoms with Crippen molar-refractivity contribution in [3.63, 3.8) is 0 Å². The SMILES string of the molecule is CN=C(NCCOCC(C)C)N1CCN(c2ccccc2F)CC1.I. The first-order chi connectivity index (χ1) is 11.6. The van der Waals surface area contributed by atoms with Crippen molar-refractivity contribution in [1.29, 1.82) is 0 Å². The predicted octanol–water partition coefficient (Wildman–Crippen LogP) is 2.81. The number of hydrogen-bond donors (Lipinski definition) is 1. The molecule has 0 bridgehead atoms. The maximum atomic E-state index is 13.9. The van der Waals surface area contributed by atoms with Crippen LogP contribution in [0.4, 0.5) is 10.1 Å². The van der Waals surface area contributed by atoms with Gasteiger partial charge in [-0.2, -0.15) is 0 Å². The number of benzene rings is 1. The molecule has 1 aromatic rings. The molecule has 1 heterocycles. The summed E-state index contributed by atoms with van der Waals surface area (Å²) in [5.74, 6) is 1.28. The van der Waals surface area contributed by atoms with Crippen LogP contribution in [0.2, 0.25) is 0 Å². The average Bonchev–Trinajstić information content (AvgIpc) is 2.59. The van der Waals surface area contributed by atoms with Gasteiger partial charge in [0, 0.05) is 46.4 Å². The van der Waals surface area contributed by atoms with E-state index in [2.05, 4.69) is 34.0 Å². The van der Waals surface area contributed by atoms with Gasteiger partial charge in [-0.05, 0) is 18.1 Å². The number of anilines is 1. The van der Waals surface area contributed by atoms with Crippen molar-refractivity contribution in [3.8, 4) is 0 Å². The van der Waals surface area contributed by atoms with Gasteiger partial charge in [-0.3, -0.25) is 4.99 Å². The maximum absolute atomic E-state index is 13.9. The summed E-state index contributed by atoms with van der Waals surface area (Å²) >= 11 is 0. The van der Waals surface area contributed by atoms with Crippen molar-refractivity contribution in [1.82, 2.24) is 10.2 Å². The Labute approximate surface area is 167 Å². The second-order valence-corrected chi connectivity index (χ2v) is 6.37. The summed E-state index contributed by atoms with van der Waals surface area (Å²) in [7, 11) is 1.79. The van der Waals surface area contributed by atoms with Gasteiger partial charge in [0.25, 0.3) is 0 Å². The van der Waals surface area contributed by atoms with Crippen LogP contribution < -0.4 is 10.2 Å². The molecule has 5 nitrogen and oxygen atoms in total. The van der Waals surface area contributed by atoms with Crippen molar-refractivity contribution in [2.24, 2.45) is 10.9 Å². The summed E-state index contributed by atoms with van der Waals surface area (Å²) in [5.41, 5.74) is 0.683. The zero-order chi connectivity index (χ0) is 17.4. The number of aliphatic imine (C=N–C) groups is 1. The summed E-state index contributed by atoms with van der Waals surface area (Å²) in [6.45, 7) is 9.68. The Morgan fingerprint density at radius 2 is 1.92 bits per heavy atom. The van der Waals surface area contributed by atoms with Crippen molar-refractivity contribution >= 4 is 35.6 Å². The van der Waals surface area contributed by atoms with Crippen LogP contribution >= 0.6 is 24.0 Å². The summed E-state index contributed by atoms with van der Waals surface area (Å²) in [5, 5.41) is 3.34. The van der Waals surface area contributed by atoms with Crippen molar-refractivity contribution in [3.05, 3.63) is 30.1 Å². The number of para-hydroxylation sites is 1.